The normalized spacial score (nSPS) is 16.7. The number of hydrogen-bond donors (Lipinski definition) is 4. The zero-order chi connectivity index (χ0) is 19.8. The molecule has 140 valence electrons. The van der Waals surface area contributed by atoms with Crippen molar-refractivity contribution in [1.29, 1.82) is 10.5 Å². The highest BCUT2D eigenvalue weighted by Gasteiger charge is 2.32. The molecule has 1 aliphatic heterocycles. The number of nitrogens with zero attached hydrogens (tertiary/aromatic N) is 4. The fourth-order valence-electron chi connectivity index (χ4n) is 3.82. The van der Waals surface area contributed by atoms with Gasteiger partial charge in [0.15, 0.2) is 6.19 Å². The van der Waals surface area contributed by atoms with E-state index >= 15 is 0 Å². The number of nitrogen functional groups attached to an aromatic ring is 2. The van der Waals surface area contributed by atoms with Gasteiger partial charge in [0.1, 0.15) is 35.1 Å². The molecule has 1 aromatic heterocycles. The number of hydrogen-bond acceptors (Lipinski definition) is 9. The van der Waals surface area contributed by atoms with Crippen LogP contribution in [-0.2, 0) is 12.8 Å². The summed E-state index contributed by atoms with van der Waals surface area (Å²) in [7, 11) is 1.60. The topological polar surface area (TPSA) is 158 Å². The molecule has 1 aliphatic carbocycles. The van der Waals surface area contributed by atoms with Gasteiger partial charge in [-0.25, -0.2) is 9.98 Å². The van der Waals surface area contributed by atoms with Crippen molar-refractivity contribution in [1.82, 2.24) is 10.3 Å². The van der Waals surface area contributed by atoms with Crippen molar-refractivity contribution in [3.8, 4) is 18.0 Å². The van der Waals surface area contributed by atoms with Crippen LogP contribution in [0.25, 0.3) is 0 Å². The Morgan fingerprint density at radius 2 is 2.00 bits per heavy atom. The minimum Gasteiger partial charge on any atom is -0.496 e. The van der Waals surface area contributed by atoms with Crippen LogP contribution in [0.5, 0.6) is 5.75 Å². The number of fused-ring (bicyclic) bond motifs is 2. The van der Waals surface area contributed by atoms with Crippen LogP contribution in [0.15, 0.2) is 17.1 Å². The second-order valence-corrected chi connectivity index (χ2v) is 6.62. The van der Waals surface area contributed by atoms with Crippen molar-refractivity contribution < 1.29 is 4.74 Å². The minimum absolute atomic E-state index is 0.0177. The van der Waals surface area contributed by atoms with E-state index in [0.29, 0.717) is 17.1 Å². The van der Waals surface area contributed by atoms with Crippen LogP contribution in [-0.4, -0.2) is 18.1 Å². The lowest BCUT2D eigenvalue weighted by Gasteiger charge is -2.27. The van der Waals surface area contributed by atoms with Crippen molar-refractivity contribution in [2.24, 2.45) is 4.99 Å². The Labute approximate surface area is 161 Å². The molecule has 0 fully saturated rings. The molecule has 9 heteroatoms. The van der Waals surface area contributed by atoms with Crippen LogP contribution in [0.3, 0.4) is 0 Å². The smallest absolute Gasteiger partial charge is 0.211 e. The molecule has 28 heavy (non-hydrogen) atoms. The van der Waals surface area contributed by atoms with Crippen LogP contribution in [0.2, 0.25) is 0 Å². The number of nitriles is 2. The van der Waals surface area contributed by atoms with Crippen molar-refractivity contribution >= 4 is 23.3 Å². The molecule has 0 saturated heterocycles. The van der Waals surface area contributed by atoms with Gasteiger partial charge in [0.25, 0.3) is 0 Å². The van der Waals surface area contributed by atoms with E-state index in [1.165, 1.54) is 11.1 Å². The molecule has 1 unspecified atom stereocenters. The number of aliphatic imine (C=N–C) groups is 1. The van der Waals surface area contributed by atoms with E-state index in [2.05, 4.69) is 26.7 Å². The summed E-state index contributed by atoms with van der Waals surface area (Å²) >= 11 is 0. The van der Waals surface area contributed by atoms with Crippen LogP contribution in [0, 0.1) is 22.8 Å². The van der Waals surface area contributed by atoms with Gasteiger partial charge in [0.2, 0.25) is 5.96 Å². The van der Waals surface area contributed by atoms with Gasteiger partial charge >= 0.3 is 0 Å². The van der Waals surface area contributed by atoms with E-state index in [0.717, 1.165) is 24.8 Å². The van der Waals surface area contributed by atoms with Gasteiger partial charge in [-0.2, -0.15) is 10.5 Å². The van der Waals surface area contributed by atoms with E-state index in [1.54, 1.807) is 7.11 Å². The van der Waals surface area contributed by atoms with Crippen LogP contribution < -0.4 is 26.8 Å². The maximum atomic E-state index is 9.44. The lowest BCUT2D eigenvalue weighted by Crippen LogP contribution is -2.33. The summed E-state index contributed by atoms with van der Waals surface area (Å²) in [5.41, 5.74) is 16.3. The first-order valence-electron chi connectivity index (χ1n) is 8.76. The molecule has 0 spiro atoms. The fourth-order valence-corrected chi connectivity index (χ4v) is 3.82. The number of nitrogens with one attached hydrogen (secondary N) is 2. The third-order valence-corrected chi connectivity index (χ3v) is 5.10. The van der Waals surface area contributed by atoms with Crippen molar-refractivity contribution in [2.45, 2.75) is 25.3 Å². The number of methoxy groups -OCH3 is 1. The monoisotopic (exact) mass is 374 g/mol. The predicted octanol–water partition coefficient (Wildman–Crippen LogP) is 1.56. The molecule has 0 amide bonds. The third-order valence-electron chi connectivity index (χ3n) is 5.10. The minimum atomic E-state index is -0.604. The average molecular weight is 374 g/mol. The molecular weight excluding hydrogens is 356 g/mol. The van der Waals surface area contributed by atoms with Gasteiger partial charge in [-0.3, -0.25) is 5.32 Å². The molecule has 4 rings (SSSR count). The average Bonchev–Trinajstić information content (AvgIpc) is 3.14. The summed E-state index contributed by atoms with van der Waals surface area (Å²) in [5.74, 6) is 1.27. The number of aryl methyl sites for hydroxylation is 2. The zero-order valence-electron chi connectivity index (χ0n) is 15.2. The van der Waals surface area contributed by atoms with E-state index in [4.69, 9.17) is 21.5 Å². The number of guanidine groups is 1. The predicted molar refractivity (Wildman–Crippen MR) is 104 cm³/mol. The Bertz CT molecular complexity index is 1090. The Hall–Kier alpha value is -3.98. The molecule has 2 heterocycles. The van der Waals surface area contributed by atoms with Gasteiger partial charge in [-0.1, -0.05) is 0 Å². The van der Waals surface area contributed by atoms with Crippen LogP contribution in [0.4, 0.5) is 17.3 Å². The number of anilines is 3. The van der Waals surface area contributed by atoms with Gasteiger partial charge in [0, 0.05) is 11.1 Å². The van der Waals surface area contributed by atoms with Gasteiger partial charge in [0.05, 0.1) is 12.8 Å². The number of nitrogens with two attached hydrogens (primary N) is 2. The van der Waals surface area contributed by atoms with Crippen LogP contribution in [0.1, 0.15) is 40.3 Å². The molecule has 9 nitrogen and oxygen atoms in total. The molecule has 2 aromatic rings. The van der Waals surface area contributed by atoms with E-state index in [9.17, 15) is 5.26 Å². The van der Waals surface area contributed by atoms with E-state index < -0.39 is 6.04 Å². The Kier molecular flexibility index (Phi) is 4.13. The summed E-state index contributed by atoms with van der Waals surface area (Å²) in [5, 5.41) is 23.9. The second-order valence-electron chi connectivity index (χ2n) is 6.62. The summed E-state index contributed by atoms with van der Waals surface area (Å²) in [6.45, 7) is 0. The van der Waals surface area contributed by atoms with Crippen molar-refractivity contribution in [3.63, 3.8) is 0 Å². The summed E-state index contributed by atoms with van der Waals surface area (Å²) < 4.78 is 5.63. The fraction of sp³-hybridized carbons (Fsp3) is 0.263. The highest BCUT2D eigenvalue weighted by molar-refractivity contribution is 5.98. The zero-order valence-corrected chi connectivity index (χ0v) is 15.2. The van der Waals surface area contributed by atoms with E-state index in [1.807, 2.05) is 18.3 Å². The molecular formula is C19H18N8O. The number of pyridine rings is 1. The standard InChI is InChI=1S/C19H18N8O/c1-28-13-6-10-4-2-3-9(10)5-11(13)16-14-15(22)12(7-20)17(23)26-18(14)27-19(25-16)24-8-21/h5-6,16H,2-4H2,1H3,(H6,22,23,24,25,26,27). The first-order valence-corrected chi connectivity index (χ1v) is 8.76. The molecule has 1 aromatic carbocycles. The number of aromatic nitrogens is 1. The third kappa shape index (κ3) is 2.61. The largest absolute Gasteiger partial charge is 0.496 e. The summed E-state index contributed by atoms with van der Waals surface area (Å²) in [6.07, 6.45) is 4.93. The van der Waals surface area contributed by atoms with Crippen molar-refractivity contribution in [2.75, 3.05) is 23.9 Å². The van der Waals surface area contributed by atoms with Gasteiger partial charge in [-0.15, -0.1) is 0 Å². The molecule has 2 aliphatic rings. The highest BCUT2D eigenvalue weighted by Crippen LogP contribution is 2.44. The number of ether oxygens (including phenoxy) is 1. The maximum absolute atomic E-state index is 9.44. The maximum Gasteiger partial charge on any atom is 0.211 e. The molecule has 0 bridgehead atoms. The molecule has 0 saturated carbocycles. The second kappa shape index (κ2) is 6.63. The van der Waals surface area contributed by atoms with Crippen LogP contribution >= 0.6 is 0 Å². The van der Waals surface area contributed by atoms with Gasteiger partial charge in [-0.05, 0) is 42.5 Å². The Morgan fingerprint density at radius 1 is 1.25 bits per heavy atom. The summed E-state index contributed by atoms with van der Waals surface area (Å²) in [4.78, 5) is 8.88. The first-order chi connectivity index (χ1) is 13.6. The lowest BCUT2D eigenvalue weighted by molar-refractivity contribution is 0.407. The number of benzene rings is 1. The van der Waals surface area contributed by atoms with Gasteiger partial charge < -0.3 is 21.5 Å². The van der Waals surface area contributed by atoms with E-state index in [-0.39, 0.29) is 23.0 Å². The quantitative estimate of drug-likeness (QED) is 0.455. The molecule has 6 N–H and O–H groups in total. The molecule has 0 radical (unpaired) electrons. The Morgan fingerprint density at radius 3 is 2.68 bits per heavy atom. The SMILES string of the molecule is COc1cc2c(cc1C1N=C(NC#N)Nc3nc(N)c(C#N)c(N)c31)CCC2. The lowest BCUT2D eigenvalue weighted by atomic mass is 9.92. The summed E-state index contributed by atoms with van der Waals surface area (Å²) in [6, 6.07) is 5.49. The highest BCUT2D eigenvalue weighted by atomic mass is 16.5. The first kappa shape index (κ1) is 17.4. The number of rotatable bonds is 2. The molecule has 1 atom stereocenters. The van der Waals surface area contributed by atoms with Crippen molar-refractivity contribution in [3.05, 3.63) is 39.9 Å². The Balaban J connectivity index is 1.97.